The van der Waals surface area contributed by atoms with E-state index in [2.05, 4.69) is 6.08 Å². The lowest BCUT2D eigenvalue weighted by Gasteiger charge is -2.19. The SMILES string of the molecule is C1=CC2=C(CC1)OCOc1cccc(c1)COCO2. The van der Waals surface area contributed by atoms with E-state index in [0.29, 0.717) is 6.61 Å². The van der Waals surface area contributed by atoms with Gasteiger partial charge in [0.15, 0.2) is 12.6 Å². The zero-order chi connectivity index (χ0) is 12.9. The van der Waals surface area contributed by atoms with E-state index in [4.69, 9.17) is 18.9 Å². The number of hydrogen-bond donors (Lipinski definition) is 0. The van der Waals surface area contributed by atoms with E-state index in [9.17, 15) is 0 Å². The Labute approximate surface area is 112 Å². The summed E-state index contributed by atoms with van der Waals surface area (Å²) in [4.78, 5) is 0. The average Bonchev–Trinajstić information content (AvgIpc) is 2.44. The minimum Gasteiger partial charge on any atom is -0.464 e. The van der Waals surface area contributed by atoms with Crippen LogP contribution >= 0.6 is 0 Å². The second kappa shape index (κ2) is 5.80. The lowest BCUT2D eigenvalue weighted by atomic mass is 10.1. The van der Waals surface area contributed by atoms with Crippen molar-refractivity contribution >= 4 is 0 Å². The van der Waals surface area contributed by atoms with Crippen molar-refractivity contribution in [3.8, 4) is 5.75 Å². The Bertz CT molecular complexity index is 505. The van der Waals surface area contributed by atoms with Gasteiger partial charge in [-0.2, -0.15) is 0 Å². The molecule has 4 nitrogen and oxygen atoms in total. The van der Waals surface area contributed by atoms with Crippen molar-refractivity contribution in [2.75, 3.05) is 13.6 Å². The molecule has 0 aromatic heterocycles. The van der Waals surface area contributed by atoms with Crippen LogP contribution in [0.1, 0.15) is 18.4 Å². The van der Waals surface area contributed by atoms with Crippen molar-refractivity contribution in [3.63, 3.8) is 0 Å². The van der Waals surface area contributed by atoms with Crippen LogP contribution < -0.4 is 4.74 Å². The number of benzene rings is 1. The zero-order valence-electron chi connectivity index (χ0n) is 10.6. The summed E-state index contributed by atoms with van der Waals surface area (Å²) in [5.74, 6) is 2.35. The van der Waals surface area contributed by atoms with Crippen molar-refractivity contribution in [1.82, 2.24) is 0 Å². The summed E-state index contributed by atoms with van der Waals surface area (Å²) in [5.41, 5.74) is 1.05. The van der Waals surface area contributed by atoms with Gasteiger partial charge in [0, 0.05) is 6.42 Å². The maximum Gasteiger partial charge on any atom is 0.230 e. The molecule has 19 heavy (non-hydrogen) atoms. The number of fused-ring (bicyclic) bond motifs is 2. The summed E-state index contributed by atoms with van der Waals surface area (Å²) in [6, 6.07) is 7.78. The fourth-order valence-corrected chi connectivity index (χ4v) is 2.05. The van der Waals surface area contributed by atoms with E-state index < -0.39 is 0 Å². The highest BCUT2D eigenvalue weighted by molar-refractivity contribution is 5.28. The highest BCUT2D eigenvalue weighted by atomic mass is 16.7. The Hall–Kier alpha value is -1.94. The predicted octanol–water partition coefficient (Wildman–Crippen LogP) is 3.11. The molecule has 0 unspecified atom stereocenters. The molecule has 1 aliphatic heterocycles. The maximum absolute atomic E-state index is 5.64. The highest BCUT2D eigenvalue weighted by Crippen LogP contribution is 2.22. The van der Waals surface area contributed by atoms with Crippen LogP contribution in [-0.4, -0.2) is 13.6 Å². The first-order valence-corrected chi connectivity index (χ1v) is 6.36. The van der Waals surface area contributed by atoms with Gasteiger partial charge >= 0.3 is 0 Å². The molecule has 0 spiro atoms. The molecule has 0 radical (unpaired) electrons. The number of allylic oxidation sites excluding steroid dienone is 3. The summed E-state index contributed by atoms with van der Waals surface area (Å²) < 4.78 is 22.3. The fraction of sp³-hybridized carbons (Fsp3) is 0.333. The standard InChI is InChI=1S/C15H16O4/c1-2-7-15-14(6-1)18-10-16-9-12-4-3-5-13(8-12)17-11-19-15/h1,3-6,8H,2,7,9-11H2. The molecule has 0 N–H and O–H groups in total. The monoisotopic (exact) mass is 260 g/mol. The first kappa shape index (κ1) is 12.1. The van der Waals surface area contributed by atoms with Crippen LogP contribution in [0.3, 0.4) is 0 Å². The topological polar surface area (TPSA) is 36.9 Å². The molecule has 0 amide bonds. The van der Waals surface area contributed by atoms with Crippen molar-refractivity contribution < 1.29 is 18.9 Å². The molecule has 0 saturated heterocycles. The zero-order valence-corrected chi connectivity index (χ0v) is 10.6. The van der Waals surface area contributed by atoms with Gasteiger partial charge < -0.3 is 18.9 Å². The quantitative estimate of drug-likeness (QED) is 0.718. The summed E-state index contributed by atoms with van der Waals surface area (Å²) >= 11 is 0. The fourth-order valence-electron chi connectivity index (χ4n) is 2.05. The van der Waals surface area contributed by atoms with E-state index in [0.717, 1.165) is 35.7 Å². The number of hydrogen-bond acceptors (Lipinski definition) is 4. The minimum atomic E-state index is 0.195. The van der Waals surface area contributed by atoms with Crippen molar-refractivity contribution in [1.29, 1.82) is 0 Å². The van der Waals surface area contributed by atoms with Crippen molar-refractivity contribution in [3.05, 3.63) is 53.5 Å². The van der Waals surface area contributed by atoms with E-state index in [1.165, 1.54) is 0 Å². The molecular weight excluding hydrogens is 244 g/mol. The summed E-state index contributed by atoms with van der Waals surface area (Å²) in [5, 5.41) is 0. The van der Waals surface area contributed by atoms with Crippen LogP contribution in [0.15, 0.2) is 47.9 Å². The highest BCUT2D eigenvalue weighted by Gasteiger charge is 2.12. The van der Waals surface area contributed by atoms with Crippen LogP contribution in [0, 0.1) is 0 Å². The van der Waals surface area contributed by atoms with Crippen LogP contribution in [0.2, 0.25) is 0 Å². The van der Waals surface area contributed by atoms with Crippen LogP contribution in [-0.2, 0) is 20.8 Å². The molecule has 1 heterocycles. The third kappa shape index (κ3) is 3.09. The molecule has 0 atom stereocenters. The van der Waals surface area contributed by atoms with Crippen LogP contribution in [0.25, 0.3) is 0 Å². The Morgan fingerprint density at radius 3 is 3.00 bits per heavy atom. The van der Waals surface area contributed by atoms with Gasteiger partial charge in [-0.1, -0.05) is 18.2 Å². The third-order valence-corrected chi connectivity index (χ3v) is 3.01. The molecular formula is C15H16O4. The Balaban J connectivity index is 1.77. The lowest BCUT2D eigenvalue weighted by Crippen LogP contribution is -2.10. The van der Waals surface area contributed by atoms with Gasteiger partial charge in [-0.15, -0.1) is 0 Å². The molecule has 1 aromatic carbocycles. The van der Waals surface area contributed by atoms with Gasteiger partial charge in [0.25, 0.3) is 0 Å². The van der Waals surface area contributed by atoms with E-state index >= 15 is 0 Å². The second-order valence-electron chi connectivity index (χ2n) is 4.39. The van der Waals surface area contributed by atoms with Gasteiger partial charge in [0.05, 0.1) is 6.61 Å². The number of rotatable bonds is 0. The molecule has 0 fully saturated rings. The summed E-state index contributed by atoms with van der Waals surface area (Å²) in [6.07, 6.45) is 5.78. The van der Waals surface area contributed by atoms with Gasteiger partial charge in [-0.3, -0.25) is 0 Å². The molecule has 2 bridgehead atoms. The predicted molar refractivity (Wildman–Crippen MR) is 69.2 cm³/mol. The van der Waals surface area contributed by atoms with Crippen molar-refractivity contribution in [2.24, 2.45) is 0 Å². The van der Waals surface area contributed by atoms with Gasteiger partial charge in [0.1, 0.15) is 11.5 Å². The summed E-state index contributed by atoms with van der Waals surface area (Å²) in [7, 11) is 0. The minimum absolute atomic E-state index is 0.195. The molecule has 4 heteroatoms. The average molecular weight is 260 g/mol. The van der Waals surface area contributed by atoms with Crippen LogP contribution in [0.4, 0.5) is 0 Å². The lowest BCUT2D eigenvalue weighted by molar-refractivity contribution is -0.0388. The van der Waals surface area contributed by atoms with E-state index in [1.54, 1.807) is 0 Å². The van der Waals surface area contributed by atoms with E-state index in [-0.39, 0.29) is 13.6 Å². The summed E-state index contributed by atoms with van der Waals surface area (Å²) in [6.45, 7) is 0.919. The molecule has 3 rings (SSSR count). The largest absolute Gasteiger partial charge is 0.464 e. The normalized spacial score (nSPS) is 19.2. The Kier molecular flexibility index (Phi) is 3.70. The van der Waals surface area contributed by atoms with Gasteiger partial charge in [-0.25, -0.2) is 0 Å². The van der Waals surface area contributed by atoms with Gasteiger partial charge in [-0.05, 0) is 30.2 Å². The third-order valence-electron chi connectivity index (χ3n) is 3.01. The molecule has 2 aliphatic rings. The maximum atomic E-state index is 5.64. The first-order valence-electron chi connectivity index (χ1n) is 6.36. The molecule has 1 aliphatic carbocycles. The van der Waals surface area contributed by atoms with Gasteiger partial charge in [0.2, 0.25) is 6.79 Å². The second-order valence-corrected chi connectivity index (χ2v) is 4.39. The molecule has 100 valence electrons. The smallest absolute Gasteiger partial charge is 0.230 e. The Morgan fingerprint density at radius 1 is 1.00 bits per heavy atom. The molecule has 0 saturated carbocycles. The molecule has 1 aromatic rings. The first-order chi connectivity index (χ1) is 9.42. The van der Waals surface area contributed by atoms with Crippen LogP contribution in [0.5, 0.6) is 5.75 Å². The van der Waals surface area contributed by atoms with E-state index in [1.807, 2.05) is 30.3 Å². The Morgan fingerprint density at radius 2 is 2.00 bits per heavy atom. The number of ether oxygens (including phenoxy) is 4. The van der Waals surface area contributed by atoms with Crippen molar-refractivity contribution in [2.45, 2.75) is 19.4 Å².